The van der Waals surface area contributed by atoms with Crippen LogP contribution >= 0.6 is 0 Å². The van der Waals surface area contributed by atoms with E-state index in [9.17, 15) is 4.79 Å². The molecule has 0 heterocycles. The van der Waals surface area contributed by atoms with Crippen LogP contribution in [-0.2, 0) is 17.6 Å². The molecule has 0 aromatic heterocycles. The van der Waals surface area contributed by atoms with Gasteiger partial charge in [-0.05, 0) is 38.8 Å². The van der Waals surface area contributed by atoms with Crippen molar-refractivity contribution in [1.82, 2.24) is 5.32 Å². The first-order chi connectivity index (χ1) is 8.31. The smallest absolute Gasteiger partial charge is 0.407 e. The van der Waals surface area contributed by atoms with Crippen LogP contribution in [0.5, 0.6) is 0 Å². The van der Waals surface area contributed by atoms with Crippen LogP contribution in [0.2, 0.25) is 0 Å². The third-order valence-electron chi connectivity index (χ3n) is 2.64. The molecule has 0 fully saturated rings. The maximum absolute atomic E-state index is 11.5. The summed E-state index contributed by atoms with van der Waals surface area (Å²) in [6.07, 6.45) is 0.655. The first-order valence-corrected chi connectivity index (χ1v) is 6.37. The first kappa shape index (κ1) is 14.6. The van der Waals surface area contributed by atoms with Gasteiger partial charge in [-0.15, -0.1) is 0 Å². The molecule has 1 rings (SSSR count). The summed E-state index contributed by atoms with van der Waals surface area (Å²) >= 11 is 0. The second kappa shape index (κ2) is 5.94. The van der Waals surface area contributed by atoms with Gasteiger partial charge in [0.2, 0.25) is 0 Å². The molecule has 0 atom stereocenters. The van der Waals surface area contributed by atoms with Crippen LogP contribution in [0.4, 0.5) is 4.79 Å². The number of nitrogens with one attached hydrogen (secondary N) is 1. The largest absolute Gasteiger partial charge is 0.444 e. The standard InChI is InChI=1S/C14H22BNO2/c1-10-7-11(8-15)5-6-12(10)9-16-13(17)18-14(2,3)4/h5-7H,8-9,15H2,1-4H3,(H,16,17). The number of aryl methyl sites for hydroxylation is 1. The summed E-state index contributed by atoms with van der Waals surface area (Å²) in [7, 11) is 2.13. The molecule has 1 aromatic rings. The predicted molar refractivity (Wildman–Crippen MR) is 76.5 cm³/mol. The lowest BCUT2D eigenvalue weighted by molar-refractivity contribution is 0.0523. The molecule has 0 unspecified atom stereocenters. The molecule has 1 aromatic carbocycles. The third kappa shape index (κ3) is 4.82. The molecule has 0 radical (unpaired) electrons. The Hall–Kier alpha value is -1.45. The Kier molecular flexibility index (Phi) is 4.82. The average Bonchev–Trinajstić information content (AvgIpc) is 2.25. The Bertz CT molecular complexity index is 424. The topological polar surface area (TPSA) is 38.3 Å². The number of carbonyl (C=O) groups excluding carboxylic acids is 1. The van der Waals surface area contributed by atoms with Crippen molar-refractivity contribution in [3.05, 3.63) is 34.9 Å². The van der Waals surface area contributed by atoms with Crippen molar-refractivity contribution >= 4 is 13.9 Å². The zero-order valence-corrected chi connectivity index (χ0v) is 12.0. The molecule has 0 bridgehead atoms. The maximum Gasteiger partial charge on any atom is 0.407 e. The summed E-state index contributed by atoms with van der Waals surface area (Å²) in [5.74, 6) is 0. The van der Waals surface area contributed by atoms with E-state index in [4.69, 9.17) is 4.74 Å². The number of carbonyl (C=O) groups is 1. The van der Waals surface area contributed by atoms with E-state index in [0.29, 0.717) is 6.54 Å². The summed E-state index contributed by atoms with van der Waals surface area (Å²) in [5, 5.41) is 2.77. The summed E-state index contributed by atoms with van der Waals surface area (Å²) in [5.41, 5.74) is 3.18. The van der Waals surface area contributed by atoms with Crippen molar-refractivity contribution in [1.29, 1.82) is 0 Å². The van der Waals surface area contributed by atoms with Gasteiger partial charge in [-0.2, -0.15) is 0 Å². The van der Waals surface area contributed by atoms with Gasteiger partial charge in [-0.1, -0.05) is 30.1 Å². The maximum atomic E-state index is 11.5. The summed E-state index contributed by atoms with van der Waals surface area (Å²) in [6.45, 7) is 8.13. The van der Waals surface area contributed by atoms with E-state index < -0.39 is 5.60 Å². The molecule has 18 heavy (non-hydrogen) atoms. The molecular formula is C14H22BNO2. The minimum absolute atomic E-state index is 0.374. The number of alkyl carbamates (subject to hydrolysis) is 1. The average molecular weight is 247 g/mol. The summed E-state index contributed by atoms with van der Waals surface area (Å²) < 4.78 is 5.19. The number of ether oxygens (including phenoxy) is 1. The Morgan fingerprint density at radius 2 is 2.06 bits per heavy atom. The van der Waals surface area contributed by atoms with Crippen molar-refractivity contribution < 1.29 is 9.53 Å². The quantitative estimate of drug-likeness (QED) is 0.831. The van der Waals surface area contributed by atoms with Crippen LogP contribution < -0.4 is 5.32 Å². The molecule has 1 amide bonds. The molecule has 0 spiro atoms. The fourth-order valence-corrected chi connectivity index (χ4v) is 1.66. The van der Waals surface area contributed by atoms with Crippen molar-refractivity contribution in [2.75, 3.05) is 0 Å². The van der Waals surface area contributed by atoms with E-state index in [1.807, 2.05) is 20.8 Å². The van der Waals surface area contributed by atoms with E-state index in [-0.39, 0.29) is 6.09 Å². The van der Waals surface area contributed by atoms with Gasteiger partial charge >= 0.3 is 6.09 Å². The fraction of sp³-hybridized carbons (Fsp3) is 0.500. The minimum atomic E-state index is -0.453. The van der Waals surface area contributed by atoms with Crippen LogP contribution in [0.3, 0.4) is 0 Å². The highest BCUT2D eigenvalue weighted by atomic mass is 16.6. The Labute approximate surface area is 110 Å². The van der Waals surface area contributed by atoms with Gasteiger partial charge in [0, 0.05) is 6.54 Å². The van der Waals surface area contributed by atoms with E-state index in [0.717, 1.165) is 11.9 Å². The van der Waals surface area contributed by atoms with E-state index in [2.05, 4.69) is 38.3 Å². The van der Waals surface area contributed by atoms with Gasteiger partial charge < -0.3 is 10.1 Å². The fourth-order valence-electron chi connectivity index (χ4n) is 1.66. The normalized spacial score (nSPS) is 11.1. The lowest BCUT2D eigenvalue weighted by Crippen LogP contribution is -2.32. The van der Waals surface area contributed by atoms with Gasteiger partial charge in [-0.3, -0.25) is 0 Å². The van der Waals surface area contributed by atoms with Crippen molar-refractivity contribution in [3.63, 3.8) is 0 Å². The predicted octanol–water partition coefficient (Wildman–Crippen LogP) is 2.15. The second-order valence-corrected chi connectivity index (χ2v) is 5.47. The molecule has 1 N–H and O–H groups in total. The Morgan fingerprint density at radius 1 is 1.39 bits per heavy atom. The molecule has 0 aliphatic rings. The number of hydrogen-bond acceptors (Lipinski definition) is 2. The van der Waals surface area contributed by atoms with Crippen LogP contribution in [0, 0.1) is 6.92 Å². The van der Waals surface area contributed by atoms with Gasteiger partial charge in [0.05, 0.1) is 0 Å². The second-order valence-electron chi connectivity index (χ2n) is 5.47. The molecule has 0 saturated heterocycles. The lowest BCUT2D eigenvalue weighted by Gasteiger charge is -2.20. The zero-order valence-electron chi connectivity index (χ0n) is 12.0. The first-order valence-electron chi connectivity index (χ1n) is 6.37. The van der Waals surface area contributed by atoms with E-state index >= 15 is 0 Å². The van der Waals surface area contributed by atoms with Crippen LogP contribution in [-0.4, -0.2) is 19.5 Å². The van der Waals surface area contributed by atoms with Gasteiger partial charge in [0.15, 0.2) is 0 Å². The van der Waals surface area contributed by atoms with Crippen LogP contribution in [0.15, 0.2) is 18.2 Å². The third-order valence-corrected chi connectivity index (χ3v) is 2.64. The van der Waals surface area contributed by atoms with Crippen molar-refractivity contribution in [3.8, 4) is 0 Å². The summed E-state index contributed by atoms with van der Waals surface area (Å²) in [4.78, 5) is 11.5. The van der Waals surface area contributed by atoms with Gasteiger partial charge in [0.1, 0.15) is 13.4 Å². The van der Waals surface area contributed by atoms with Crippen LogP contribution in [0.25, 0.3) is 0 Å². The molecular weight excluding hydrogens is 225 g/mol. The minimum Gasteiger partial charge on any atom is -0.444 e. The zero-order chi connectivity index (χ0) is 13.8. The van der Waals surface area contributed by atoms with Gasteiger partial charge in [-0.25, -0.2) is 4.79 Å². The number of rotatable bonds is 3. The molecule has 98 valence electrons. The van der Waals surface area contributed by atoms with Crippen molar-refractivity contribution in [2.45, 2.75) is 46.2 Å². The van der Waals surface area contributed by atoms with Crippen molar-refractivity contribution in [2.24, 2.45) is 0 Å². The van der Waals surface area contributed by atoms with E-state index in [1.165, 1.54) is 11.1 Å². The monoisotopic (exact) mass is 247 g/mol. The lowest BCUT2D eigenvalue weighted by atomic mass is 9.94. The van der Waals surface area contributed by atoms with Crippen LogP contribution in [0.1, 0.15) is 37.5 Å². The molecule has 0 aliphatic heterocycles. The highest BCUT2D eigenvalue weighted by Crippen LogP contribution is 2.12. The number of amides is 1. The van der Waals surface area contributed by atoms with E-state index in [1.54, 1.807) is 0 Å². The molecule has 3 nitrogen and oxygen atoms in total. The molecule has 4 heteroatoms. The highest BCUT2D eigenvalue weighted by Gasteiger charge is 2.15. The Balaban J connectivity index is 2.56. The molecule has 0 saturated carbocycles. The SMILES string of the molecule is BCc1ccc(CNC(=O)OC(C)(C)C)c(C)c1. The number of benzene rings is 1. The number of hydrogen-bond donors (Lipinski definition) is 1. The molecule has 0 aliphatic carbocycles. The highest BCUT2D eigenvalue weighted by molar-refractivity contribution is 6.08. The Morgan fingerprint density at radius 3 is 2.56 bits per heavy atom. The summed E-state index contributed by atoms with van der Waals surface area (Å²) in [6, 6.07) is 6.32. The van der Waals surface area contributed by atoms with Gasteiger partial charge in [0.25, 0.3) is 0 Å².